The Morgan fingerprint density at radius 3 is 2.74 bits per heavy atom. The number of benzene rings is 1. The number of aryl methyl sites for hydroxylation is 2. The van der Waals surface area contributed by atoms with E-state index in [1.165, 1.54) is 48.2 Å². The highest BCUT2D eigenvalue weighted by Crippen LogP contribution is 2.32. The molecule has 4 rings (SSSR count). The van der Waals surface area contributed by atoms with Gasteiger partial charge in [-0.15, -0.1) is 11.3 Å². The molecule has 0 N–H and O–H groups in total. The van der Waals surface area contributed by atoms with Crippen molar-refractivity contribution in [1.82, 2.24) is 9.97 Å². The fraction of sp³-hybridized carbons (Fsp3) is 0.478. The smallest absolute Gasteiger partial charge is 0.130 e. The summed E-state index contributed by atoms with van der Waals surface area (Å²) in [6.07, 6.45) is 13.4. The first-order chi connectivity index (χ1) is 13.3. The number of hydrogen-bond donors (Lipinski definition) is 0. The van der Waals surface area contributed by atoms with Crippen LogP contribution in [0, 0.1) is 5.92 Å². The predicted octanol–water partition coefficient (Wildman–Crippen LogP) is 6.95. The van der Waals surface area contributed by atoms with E-state index in [9.17, 15) is 0 Å². The number of pyridine rings is 1. The molecule has 3 aromatic rings. The van der Waals surface area contributed by atoms with E-state index in [4.69, 9.17) is 9.72 Å². The predicted molar refractivity (Wildman–Crippen MR) is 113 cm³/mol. The number of fused-ring (bicyclic) bond motifs is 1. The molecule has 0 bridgehead atoms. The van der Waals surface area contributed by atoms with Crippen molar-refractivity contribution in [3.05, 3.63) is 47.2 Å². The molecule has 0 amide bonds. The van der Waals surface area contributed by atoms with Crippen molar-refractivity contribution < 1.29 is 4.74 Å². The van der Waals surface area contributed by atoms with Gasteiger partial charge < -0.3 is 4.74 Å². The van der Waals surface area contributed by atoms with Crippen molar-refractivity contribution in [2.45, 2.75) is 64.7 Å². The molecule has 0 aliphatic heterocycles. The van der Waals surface area contributed by atoms with E-state index in [0.717, 1.165) is 47.9 Å². The second-order valence-electron chi connectivity index (χ2n) is 7.61. The zero-order valence-corrected chi connectivity index (χ0v) is 16.9. The molecule has 1 aromatic carbocycles. The van der Waals surface area contributed by atoms with Gasteiger partial charge in [0.1, 0.15) is 11.5 Å². The summed E-state index contributed by atoms with van der Waals surface area (Å²) in [6.45, 7) is 2.17. The fourth-order valence-corrected chi connectivity index (χ4v) is 4.99. The molecule has 0 saturated heterocycles. The second kappa shape index (κ2) is 8.83. The number of thiazole rings is 1. The van der Waals surface area contributed by atoms with Gasteiger partial charge in [-0.05, 0) is 43.4 Å². The van der Waals surface area contributed by atoms with Crippen LogP contribution in [0.1, 0.15) is 62.6 Å². The third-order valence-electron chi connectivity index (χ3n) is 5.43. The van der Waals surface area contributed by atoms with Crippen molar-refractivity contribution in [2.24, 2.45) is 5.92 Å². The lowest BCUT2D eigenvalue weighted by Crippen LogP contribution is -2.07. The molecule has 1 aliphatic carbocycles. The molecule has 1 aliphatic rings. The van der Waals surface area contributed by atoms with E-state index < -0.39 is 0 Å². The lowest BCUT2D eigenvalue weighted by Gasteiger charge is -2.20. The van der Waals surface area contributed by atoms with Crippen molar-refractivity contribution in [3.8, 4) is 11.5 Å². The van der Waals surface area contributed by atoms with Crippen LogP contribution in [0.3, 0.4) is 0 Å². The minimum atomic E-state index is 0.856. The molecular formula is C23H28N2OS. The number of nitrogens with zero attached hydrogens (tertiary/aromatic N) is 2. The standard InChI is InChI=1S/C23H28N2OS/c1-2-6-18-15-20(13-14-24-18)26-19-10-11-21-22(16-19)27-23(25-21)12-9-17-7-4-3-5-8-17/h10-11,13-17H,2-9,12H2,1H3. The third-order valence-corrected chi connectivity index (χ3v) is 6.50. The Bertz CT molecular complexity index is 883. The Hall–Kier alpha value is -1.94. The summed E-state index contributed by atoms with van der Waals surface area (Å²) in [4.78, 5) is 9.23. The molecule has 2 aromatic heterocycles. The van der Waals surface area contributed by atoms with Gasteiger partial charge >= 0.3 is 0 Å². The molecule has 1 saturated carbocycles. The Balaban J connectivity index is 1.43. The Labute approximate surface area is 165 Å². The average Bonchev–Trinajstić information content (AvgIpc) is 3.10. The number of aromatic nitrogens is 2. The van der Waals surface area contributed by atoms with E-state index in [0.29, 0.717) is 0 Å². The zero-order chi connectivity index (χ0) is 18.5. The van der Waals surface area contributed by atoms with Crippen molar-refractivity contribution >= 4 is 21.6 Å². The summed E-state index contributed by atoms with van der Waals surface area (Å²) < 4.78 is 7.29. The topological polar surface area (TPSA) is 35.0 Å². The van der Waals surface area contributed by atoms with Crippen LogP contribution in [0.25, 0.3) is 10.2 Å². The normalized spacial score (nSPS) is 15.3. The van der Waals surface area contributed by atoms with Crippen LogP contribution in [0.4, 0.5) is 0 Å². The van der Waals surface area contributed by atoms with Crippen LogP contribution in [0.15, 0.2) is 36.5 Å². The molecule has 0 unspecified atom stereocenters. The fourth-order valence-electron chi connectivity index (χ4n) is 3.97. The molecule has 1 fully saturated rings. The summed E-state index contributed by atoms with van der Waals surface area (Å²) in [5.41, 5.74) is 2.17. The van der Waals surface area contributed by atoms with Crippen LogP contribution < -0.4 is 4.74 Å². The van der Waals surface area contributed by atoms with Gasteiger partial charge in [0.05, 0.1) is 15.2 Å². The van der Waals surface area contributed by atoms with Gasteiger partial charge in [-0.2, -0.15) is 0 Å². The van der Waals surface area contributed by atoms with E-state index in [1.807, 2.05) is 35.7 Å². The second-order valence-corrected chi connectivity index (χ2v) is 8.73. The number of hydrogen-bond acceptors (Lipinski definition) is 4. The molecule has 0 atom stereocenters. The van der Waals surface area contributed by atoms with Gasteiger partial charge in [0.2, 0.25) is 0 Å². The lowest BCUT2D eigenvalue weighted by molar-refractivity contribution is 0.339. The van der Waals surface area contributed by atoms with E-state index in [2.05, 4.69) is 24.0 Å². The first-order valence-corrected chi connectivity index (χ1v) is 11.1. The molecule has 0 spiro atoms. The SMILES string of the molecule is CCCc1cc(Oc2ccc3nc(CCC4CCCCC4)sc3c2)ccn1. The van der Waals surface area contributed by atoms with Crippen LogP contribution in [-0.2, 0) is 12.8 Å². The van der Waals surface area contributed by atoms with Crippen molar-refractivity contribution in [2.75, 3.05) is 0 Å². The summed E-state index contributed by atoms with van der Waals surface area (Å²) in [5.74, 6) is 2.64. The maximum atomic E-state index is 6.08. The zero-order valence-electron chi connectivity index (χ0n) is 16.1. The molecule has 3 nitrogen and oxygen atoms in total. The first-order valence-electron chi connectivity index (χ1n) is 10.3. The van der Waals surface area contributed by atoms with Crippen LogP contribution in [0.2, 0.25) is 0 Å². The van der Waals surface area contributed by atoms with Gasteiger partial charge in [0.15, 0.2) is 0 Å². The average molecular weight is 381 g/mol. The quantitative estimate of drug-likeness (QED) is 0.445. The molecule has 4 heteroatoms. The van der Waals surface area contributed by atoms with Gasteiger partial charge in [0, 0.05) is 24.0 Å². The maximum Gasteiger partial charge on any atom is 0.130 e. The molecule has 27 heavy (non-hydrogen) atoms. The van der Waals surface area contributed by atoms with Crippen LogP contribution in [-0.4, -0.2) is 9.97 Å². The van der Waals surface area contributed by atoms with E-state index >= 15 is 0 Å². The van der Waals surface area contributed by atoms with Gasteiger partial charge in [-0.3, -0.25) is 4.98 Å². The monoisotopic (exact) mass is 380 g/mol. The number of ether oxygens (including phenoxy) is 1. The highest BCUT2D eigenvalue weighted by Gasteiger charge is 2.14. The molecular weight excluding hydrogens is 352 g/mol. The van der Waals surface area contributed by atoms with Gasteiger partial charge in [0.25, 0.3) is 0 Å². The summed E-state index contributed by atoms with van der Waals surface area (Å²) in [6, 6.07) is 10.2. The molecule has 142 valence electrons. The summed E-state index contributed by atoms with van der Waals surface area (Å²) >= 11 is 1.82. The van der Waals surface area contributed by atoms with Crippen molar-refractivity contribution in [3.63, 3.8) is 0 Å². The van der Waals surface area contributed by atoms with Gasteiger partial charge in [-0.25, -0.2) is 4.98 Å². The van der Waals surface area contributed by atoms with E-state index in [-0.39, 0.29) is 0 Å². The number of rotatable bonds is 7. The minimum absolute atomic E-state index is 0.856. The Kier molecular flexibility index (Phi) is 6.03. The van der Waals surface area contributed by atoms with E-state index in [1.54, 1.807) is 0 Å². The van der Waals surface area contributed by atoms with Crippen LogP contribution in [0.5, 0.6) is 11.5 Å². The molecule has 0 radical (unpaired) electrons. The van der Waals surface area contributed by atoms with Crippen LogP contribution >= 0.6 is 11.3 Å². The largest absolute Gasteiger partial charge is 0.457 e. The Morgan fingerprint density at radius 2 is 1.89 bits per heavy atom. The summed E-state index contributed by atoms with van der Waals surface area (Å²) in [5, 5.41) is 1.27. The highest BCUT2D eigenvalue weighted by molar-refractivity contribution is 7.18. The van der Waals surface area contributed by atoms with Crippen molar-refractivity contribution in [1.29, 1.82) is 0 Å². The summed E-state index contributed by atoms with van der Waals surface area (Å²) in [7, 11) is 0. The first kappa shape index (κ1) is 18.4. The van der Waals surface area contributed by atoms with Gasteiger partial charge in [-0.1, -0.05) is 45.4 Å². The maximum absolute atomic E-state index is 6.08. The lowest BCUT2D eigenvalue weighted by atomic mass is 9.86. The minimum Gasteiger partial charge on any atom is -0.457 e. The third kappa shape index (κ3) is 4.86. The highest BCUT2D eigenvalue weighted by atomic mass is 32.1. The Morgan fingerprint density at radius 1 is 1.04 bits per heavy atom. The molecule has 2 heterocycles.